The topological polar surface area (TPSA) is 67.4 Å². The minimum absolute atomic E-state index is 0.182. The van der Waals surface area contributed by atoms with Gasteiger partial charge in [0.25, 0.3) is 11.8 Å². The van der Waals surface area contributed by atoms with Crippen LogP contribution < -0.4 is 10.6 Å². The average Bonchev–Trinajstić information content (AvgIpc) is 2.74. The molecule has 2 amide bonds. The van der Waals surface area contributed by atoms with E-state index in [1.54, 1.807) is 29.3 Å². The molecule has 0 bridgehead atoms. The fourth-order valence-corrected chi connectivity index (χ4v) is 3.37. The number of aryl methyl sites for hydroxylation is 2. The Balaban J connectivity index is 1.64. The van der Waals surface area contributed by atoms with E-state index in [9.17, 15) is 9.59 Å². The SMILES string of the molecule is CCc1ccc(CNC(=O)c2ccc(C)c(NC(=O)C3=CSCCO3)c2)cc1. The maximum absolute atomic E-state index is 12.5. The number of benzene rings is 2. The maximum atomic E-state index is 12.5. The molecular weight excluding hydrogens is 372 g/mol. The van der Waals surface area contributed by atoms with Crippen molar-refractivity contribution in [1.82, 2.24) is 5.32 Å². The molecule has 0 fully saturated rings. The Hall–Kier alpha value is -2.73. The van der Waals surface area contributed by atoms with E-state index in [1.807, 2.05) is 25.1 Å². The number of hydrogen-bond acceptors (Lipinski definition) is 4. The summed E-state index contributed by atoms with van der Waals surface area (Å²) in [6, 6.07) is 13.5. The molecule has 2 aromatic carbocycles. The van der Waals surface area contributed by atoms with Crippen LogP contribution in [0.15, 0.2) is 53.6 Å². The molecule has 28 heavy (non-hydrogen) atoms. The Morgan fingerprint density at radius 1 is 1.07 bits per heavy atom. The molecule has 2 aromatic rings. The van der Waals surface area contributed by atoms with E-state index in [0.29, 0.717) is 30.2 Å². The highest BCUT2D eigenvalue weighted by atomic mass is 32.2. The molecular formula is C22H24N2O3S. The van der Waals surface area contributed by atoms with Crippen LogP contribution in [-0.2, 0) is 22.5 Å². The summed E-state index contributed by atoms with van der Waals surface area (Å²) in [5, 5.41) is 7.48. The molecule has 5 nitrogen and oxygen atoms in total. The highest BCUT2D eigenvalue weighted by Gasteiger charge is 2.16. The molecule has 0 radical (unpaired) electrons. The molecule has 1 aliphatic rings. The number of carbonyl (C=O) groups excluding carboxylic acids is 2. The van der Waals surface area contributed by atoms with Crippen molar-refractivity contribution in [1.29, 1.82) is 0 Å². The highest BCUT2D eigenvalue weighted by Crippen LogP contribution is 2.21. The molecule has 0 atom stereocenters. The molecule has 0 aliphatic carbocycles. The van der Waals surface area contributed by atoms with Gasteiger partial charge in [0.05, 0.1) is 6.61 Å². The molecule has 1 heterocycles. The van der Waals surface area contributed by atoms with Crippen LogP contribution in [0.4, 0.5) is 5.69 Å². The number of hydrogen-bond donors (Lipinski definition) is 2. The van der Waals surface area contributed by atoms with Crippen molar-refractivity contribution in [3.05, 3.63) is 75.9 Å². The lowest BCUT2D eigenvalue weighted by molar-refractivity contribution is -0.116. The molecule has 0 aromatic heterocycles. The Morgan fingerprint density at radius 2 is 1.82 bits per heavy atom. The van der Waals surface area contributed by atoms with Gasteiger partial charge in [0, 0.05) is 29.0 Å². The Labute approximate surface area is 169 Å². The van der Waals surface area contributed by atoms with E-state index in [1.165, 1.54) is 5.56 Å². The Kier molecular flexibility index (Phi) is 6.76. The smallest absolute Gasteiger partial charge is 0.291 e. The summed E-state index contributed by atoms with van der Waals surface area (Å²) in [5.41, 5.74) is 4.29. The lowest BCUT2D eigenvalue weighted by Crippen LogP contribution is -2.23. The second-order valence-electron chi connectivity index (χ2n) is 6.54. The van der Waals surface area contributed by atoms with Crippen molar-refractivity contribution >= 4 is 29.3 Å². The Morgan fingerprint density at radius 3 is 2.50 bits per heavy atom. The summed E-state index contributed by atoms with van der Waals surface area (Å²) in [4.78, 5) is 24.9. The van der Waals surface area contributed by atoms with Crippen LogP contribution in [0.5, 0.6) is 0 Å². The summed E-state index contributed by atoms with van der Waals surface area (Å²) in [7, 11) is 0. The molecule has 1 aliphatic heterocycles. The van der Waals surface area contributed by atoms with Crippen molar-refractivity contribution in [3.8, 4) is 0 Å². The van der Waals surface area contributed by atoms with Gasteiger partial charge in [-0.15, -0.1) is 11.8 Å². The first-order valence-corrected chi connectivity index (χ1v) is 10.3. The second-order valence-corrected chi connectivity index (χ2v) is 7.52. The zero-order valence-electron chi connectivity index (χ0n) is 16.1. The lowest BCUT2D eigenvalue weighted by Gasteiger charge is -2.15. The first kappa shape index (κ1) is 20.0. The summed E-state index contributed by atoms with van der Waals surface area (Å²) in [6.07, 6.45) is 0.991. The van der Waals surface area contributed by atoms with E-state index >= 15 is 0 Å². The number of carbonyl (C=O) groups is 2. The van der Waals surface area contributed by atoms with E-state index < -0.39 is 0 Å². The molecule has 3 rings (SSSR count). The van der Waals surface area contributed by atoms with Gasteiger partial charge >= 0.3 is 0 Å². The number of ether oxygens (including phenoxy) is 1. The van der Waals surface area contributed by atoms with Crippen molar-refractivity contribution in [2.45, 2.75) is 26.8 Å². The van der Waals surface area contributed by atoms with Gasteiger partial charge in [0.1, 0.15) is 0 Å². The average molecular weight is 397 g/mol. The Bertz CT molecular complexity index is 891. The molecule has 0 saturated carbocycles. The summed E-state index contributed by atoms with van der Waals surface area (Å²) in [5.74, 6) is 0.663. The first-order chi connectivity index (χ1) is 13.6. The minimum Gasteiger partial charge on any atom is -0.487 e. The van der Waals surface area contributed by atoms with Gasteiger partial charge in [-0.1, -0.05) is 37.3 Å². The monoisotopic (exact) mass is 396 g/mol. The number of rotatable bonds is 6. The standard InChI is InChI=1S/C22H24N2O3S/c1-3-16-5-7-17(8-6-16)13-23-21(25)18-9-4-15(2)19(12-18)24-22(26)20-14-28-11-10-27-20/h4-9,12,14H,3,10-11,13H2,1-2H3,(H,23,25)(H,24,26). The highest BCUT2D eigenvalue weighted by molar-refractivity contribution is 8.02. The van der Waals surface area contributed by atoms with E-state index in [2.05, 4.69) is 29.7 Å². The van der Waals surface area contributed by atoms with Crippen LogP contribution in [0.25, 0.3) is 0 Å². The van der Waals surface area contributed by atoms with Crippen LogP contribution in [0.2, 0.25) is 0 Å². The van der Waals surface area contributed by atoms with Gasteiger partial charge in [-0.05, 0) is 42.2 Å². The van der Waals surface area contributed by atoms with Crippen LogP contribution in [0, 0.1) is 6.92 Å². The van der Waals surface area contributed by atoms with Crippen molar-refractivity contribution in [3.63, 3.8) is 0 Å². The number of nitrogens with one attached hydrogen (secondary N) is 2. The van der Waals surface area contributed by atoms with Crippen LogP contribution in [0.3, 0.4) is 0 Å². The van der Waals surface area contributed by atoms with Gasteiger partial charge in [0.2, 0.25) is 0 Å². The van der Waals surface area contributed by atoms with Crippen molar-refractivity contribution in [2.24, 2.45) is 0 Å². The van der Waals surface area contributed by atoms with E-state index in [-0.39, 0.29) is 11.8 Å². The first-order valence-electron chi connectivity index (χ1n) is 9.29. The second kappa shape index (κ2) is 9.46. The zero-order valence-corrected chi connectivity index (χ0v) is 16.9. The van der Waals surface area contributed by atoms with Crippen LogP contribution in [-0.4, -0.2) is 24.2 Å². The third-order valence-corrected chi connectivity index (χ3v) is 5.29. The fourth-order valence-electron chi connectivity index (χ4n) is 2.75. The van der Waals surface area contributed by atoms with Gasteiger partial charge in [-0.2, -0.15) is 0 Å². The maximum Gasteiger partial charge on any atom is 0.291 e. The quantitative estimate of drug-likeness (QED) is 0.774. The molecule has 0 saturated heterocycles. The van der Waals surface area contributed by atoms with Crippen LogP contribution in [0.1, 0.15) is 34.0 Å². The van der Waals surface area contributed by atoms with E-state index in [4.69, 9.17) is 4.74 Å². The summed E-state index contributed by atoms with van der Waals surface area (Å²) < 4.78 is 5.38. The van der Waals surface area contributed by atoms with Crippen LogP contribution >= 0.6 is 11.8 Å². The van der Waals surface area contributed by atoms with E-state index in [0.717, 1.165) is 23.3 Å². The van der Waals surface area contributed by atoms with Gasteiger partial charge in [-0.3, -0.25) is 9.59 Å². The molecule has 0 spiro atoms. The van der Waals surface area contributed by atoms with Gasteiger partial charge < -0.3 is 15.4 Å². The lowest BCUT2D eigenvalue weighted by atomic mass is 10.1. The van der Waals surface area contributed by atoms with Gasteiger partial charge in [0.15, 0.2) is 5.76 Å². The van der Waals surface area contributed by atoms with Crippen molar-refractivity contribution < 1.29 is 14.3 Å². The minimum atomic E-state index is -0.302. The normalized spacial score (nSPS) is 13.3. The third kappa shape index (κ3) is 5.16. The molecule has 6 heteroatoms. The number of thioether (sulfide) groups is 1. The molecule has 2 N–H and O–H groups in total. The predicted molar refractivity (Wildman–Crippen MR) is 113 cm³/mol. The summed E-state index contributed by atoms with van der Waals surface area (Å²) in [6.45, 7) is 4.97. The van der Waals surface area contributed by atoms with Gasteiger partial charge in [-0.25, -0.2) is 0 Å². The molecule has 146 valence electrons. The van der Waals surface area contributed by atoms with Crippen molar-refractivity contribution in [2.75, 3.05) is 17.7 Å². The largest absolute Gasteiger partial charge is 0.487 e. The third-order valence-electron chi connectivity index (χ3n) is 4.51. The fraction of sp³-hybridized carbons (Fsp3) is 0.273. The number of anilines is 1. The molecule has 0 unspecified atom stereocenters. The zero-order chi connectivity index (χ0) is 19.9. The predicted octanol–water partition coefficient (Wildman–Crippen LogP) is 4.03. The number of amides is 2. The summed E-state index contributed by atoms with van der Waals surface area (Å²) >= 11 is 1.55.